The standard InChI is InChI=1S/C16H21FN4O4S2/c1-19-12-16(11-18-19)27(24,25)21-7-3-6-20(8-9-21)26(22,23)13-14-4-2-5-15(17)10-14/h2,4-5,10-12H,3,6-9,13H2,1H3. The zero-order valence-corrected chi connectivity index (χ0v) is 16.5. The summed E-state index contributed by atoms with van der Waals surface area (Å²) in [5.41, 5.74) is 0.360. The summed E-state index contributed by atoms with van der Waals surface area (Å²) >= 11 is 0. The van der Waals surface area contributed by atoms with Gasteiger partial charge in [-0.3, -0.25) is 4.68 Å². The highest BCUT2D eigenvalue weighted by Crippen LogP contribution is 2.19. The normalized spacial score (nSPS) is 17.7. The lowest BCUT2D eigenvalue weighted by molar-refractivity contribution is 0.404. The lowest BCUT2D eigenvalue weighted by Crippen LogP contribution is -2.37. The maximum atomic E-state index is 13.3. The van der Waals surface area contributed by atoms with Gasteiger partial charge in [0.1, 0.15) is 10.7 Å². The Morgan fingerprint density at radius 1 is 1.07 bits per heavy atom. The summed E-state index contributed by atoms with van der Waals surface area (Å²) in [5.74, 6) is -0.813. The smallest absolute Gasteiger partial charge is 0.246 e. The number of benzene rings is 1. The summed E-state index contributed by atoms with van der Waals surface area (Å²) in [6, 6.07) is 5.46. The van der Waals surface area contributed by atoms with Gasteiger partial charge in [0.15, 0.2) is 0 Å². The van der Waals surface area contributed by atoms with Crippen molar-refractivity contribution in [2.24, 2.45) is 7.05 Å². The third-order valence-corrected chi connectivity index (χ3v) is 8.07. The molecule has 1 aromatic carbocycles. The van der Waals surface area contributed by atoms with Gasteiger partial charge in [-0.15, -0.1) is 0 Å². The van der Waals surface area contributed by atoms with E-state index in [9.17, 15) is 21.2 Å². The molecule has 0 atom stereocenters. The summed E-state index contributed by atoms with van der Waals surface area (Å²) in [7, 11) is -5.77. The average Bonchev–Trinajstić information content (AvgIpc) is 2.87. The molecule has 0 bridgehead atoms. The number of hydrogen-bond donors (Lipinski definition) is 0. The largest absolute Gasteiger partial charge is 0.274 e. The van der Waals surface area contributed by atoms with Gasteiger partial charge in [0, 0.05) is 39.4 Å². The van der Waals surface area contributed by atoms with Crippen molar-refractivity contribution >= 4 is 20.0 Å². The van der Waals surface area contributed by atoms with Crippen LogP contribution in [0.3, 0.4) is 0 Å². The first-order valence-corrected chi connectivity index (χ1v) is 11.4. The zero-order chi connectivity index (χ0) is 19.7. The van der Waals surface area contributed by atoms with E-state index in [4.69, 9.17) is 0 Å². The molecule has 2 aromatic rings. The first-order valence-electron chi connectivity index (χ1n) is 8.39. The van der Waals surface area contributed by atoms with Crippen LogP contribution in [-0.4, -0.2) is 61.4 Å². The predicted molar refractivity (Wildman–Crippen MR) is 97.2 cm³/mol. The van der Waals surface area contributed by atoms with Crippen molar-refractivity contribution in [1.82, 2.24) is 18.4 Å². The van der Waals surface area contributed by atoms with Gasteiger partial charge in [-0.25, -0.2) is 25.5 Å². The topological polar surface area (TPSA) is 92.6 Å². The van der Waals surface area contributed by atoms with Gasteiger partial charge in [0.2, 0.25) is 20.0 Å². The fraction of sp³-hybridized carbons (Fsp3) is 0.438. The molecule has 1 saturated heterocycles. The van der Waals surface area contributed by atoms with Crippen molar-refractivity contribution in [1.29, 1.82) is 0 Å². The van der Waals surface area contributed by atoms with E-state index >= 15 is 0 Å². The number of aryl methyl sites for hydroxylation is 1. The monoisotopic (exact) mass is 416 g/mol. The van der Waals surface area contributed by atoms with E-state index in [1.807, 2.05) is 0 Å². The van der Waals surface area contributed by atoms with Crippen LogP contribution in [-0.2, 0) is 32.8 Å². The number of rotatable bonds is 5. The van der Waals surface area contributed by atoms with E-state index < -0.39 is 25.9 Å². The molecule has 1 fully saturated rings. The summed E-state index contributed by atoms with van der Waals surface area (Å²) in [6.07, 6.45) is 3.07. The van der Waals surface area contributed by atoms with E-state index in [1.54, 1.807) is 13.1 Å². The molecule has 11 heteroatoms. The van der Waals surface area contributed by atoms with Crippen molar-refractivity contribution in [2.45, 2.75) is 17.1 Å². The highest BCUT2D eigenvalue weighted by atomic mass is 32.2. The molecule has 1 aliphatic rings. The van der Waals surface area contributed by atoms with Crippen LogP contribution >= 0.6 is 0 Å². The minimum absolute atomic E-state index is 0.0527. The van der Waals surface area contributed by atoms with E-state index in [2.05, 4.69) is 5.10 Å². The Bertz CT molecular complexity index is 1020. The van der Waals surface area contributed by atoms with Gasteiger partial charge < -0.3 is 0 Å². The Kier molecular flexibility index (Phi) is 5.65. The van der Waals surface area contributed by atoms with Crippen LogP contribution in [0.5, 0.6) is 0 Å². The Hall–Kier alpha value is -1.82. The highest BCUT2D eigenvalue weighted by molar-refractivity contribution is 7.89. The molecule has 0 radical (unpaired) electrons. The molecule has 148 valence electrons. The number of hydrogen-bond acceptors (Lipinski definition) is 5. The van der Waals surface area contributed by atoms with Crippen molar-refractivity contribution in [2.75, 3.05) is 26.2 Å². The third kappa shape index (κ3) is 4.54. The summed E-state index contributed by atoms with van der Waals surface area (Å²) in [4.78, 5) is 0.0843. The molecule has 0 aliphatic carbocycles. The average molecular weight is 417 g/mol. The van der Waals surface area contributed by atoms with E-state index in [0.29, 0.717) is 12.0 Å². The summed E-state index contributed by atoms with van der Waals surface area (Å²) < 4.78 is 68.0. The van der Waals surface area contributed by atoms with Gasteiger partial charge >= 0.3 is 0 Å². The molecular formula is C16H21FN4O4S2. The lowest BCUT2D eigenvalue weighted by atomic mass is 10.2. The van der Waals surface area contributed by atoms with Crippen LogP contribution in [0.25, 0.3) is 0 Å². The maximum absolute atomic E-state index is 13.3. The fourth-order valence-electron chi connectivity index (χ4n) is 3.00. The summed E-state index contributed by atoms with van der Waals surface area (Å²) in [5, 5.41) is 3.88. The molecule has 2 heterocycles. The van der Waals surface area contributed by atoms with Gasteiger partial charge in [0.05, 0.1) is 11.9 Å². The SMILES string of the molecule is Cn1cc(S(=O)(=O)N2CCCN(S(=O)(=O)Cc3cccc(F)c3)CC2)cn1. The molecule has 0 spiro atoms. The first kappa shape index (κ1) is 19.9. The minimum Gasteiger partial charge on any atom is -0.274 e. The molecule has 3 rings (SSSR count). The Morgan fingerprint density at radius 3 is 2.44 bits per heavy atom. The number of sulfonamides is 2. The molecule has 0 unspecified atom stereocenters. The molecule has 27 heavy (non-hydrogen) atoms. The van der Waals surface area contributed by atoms with Crippen molar-refractivity contribution < 1.29 is 21.2 Å². The lowest BCUT2D eigenvalue weighted by Gasteiger charge is -2.21. The van der Waals surface area contributed by atoms with Crippen molar-refractivity contribution in [3.05, 3.63) is 48.0 Å². The highest BCUT2D eigenvalue weighted by Gasteiger charge is 2.31. The summed E-state index contributed by atoms with van der Waals surface area (Å²) in [6.45, 7) is 0.552. The minimum atomic E-state index is -3.72. The Labute approximate surface area is 158 Å². The Morgan fingerprint density at radius 2 is 1.78 bits per heavy atom. The zero-order valence-electron chi connectivity index (χ0n) is 14.8. The first-order chi connectivity index (χ1) is 12.7. The van der Waals surface area contributed by atoms with Crippen LogP contribution in [0, 0.1) is 5.82 Å². The molecule has 0 amide bonds. The van der Waals surface area contributed by atoms with Gasteiger partial charge in [-0.1, -0.05) is 12.1 Å². The fourth-order valence-corrected chi connectivity index (χ4v) is 6.00. The predicted octanol–water partition coefficient (Wildman–Crippen LogP) is 0.786. The van der Waals surface area contributed by atoms with E-state index in [-0.39, 0.29) is 36.8 Å². The van der Waals surface area contributed by atoms with Crippen molar-refractivity contribution in [3.63, 3.8) is 0 Å². The van der Waals surface area contributed by atoms with Gasteiger partial charge in [-0.05, 0) is 24.1 Å². The third-order valence-electron chi connectivity index (χ3n) is 4.36. The van der Waals surface area contributed by atoms with Crippen LogP contribution in [0.4, 0.5) is 4.39 Å². The second-order valence-electron chi connectivity index (χ2n) is 6.39. The molecule has 1 aliphatic heterocycles. The van der Waals surface area contributed by atoms with Crippen LogP contribution in [0.2, 0.25) is 0 Å². The number of nitrogens with zero attached hydrogens (tertiary/aromatic N) is 4. The molecular weight excluding hydrogens is 395 g/mol. The number of halogens is 1. The van der Waals surface area contributed by atoms with Gasteiger partial charge in [0.25, 0.3) is 0 Å². The van der Waals surface area contributed by atoms with E-state index in [1.165, 1.54) is 43.9 Å². The van der Waals surface area contributed by atoms with E-state index in [0.717, 1.165) is 0 Å². The Balaban J connectivity index is 1.72. The van der Waals surface area contributed by atoms with Gasteiger partial charge in [-0.2, -0.15) is 9.40 Å². The van der Waals surface area contributed by atoms with Crippen LogP contribution < -0.4 is 0 Å². The molecule has 8 nitrogen and oxygen atoms in total. The second-order valence-corrected chi connectivity index (χ2v) is 10.3. The van der Waals surface area contributed by atoms with Crippen LogP contribution in [0.15, 0.2) is 41.6 Å². The second kappa shape index (κ2) is 7.66. The van der Waals surface area contributed by atoms with Crippen LogP contribution in [0.1, 0.15) is 12.0 Å². The maximum Gasteiger partial charge on any atom is 0.246 e. The quantitative estimate of drug-likeness (QED) is 0.718. The molecule has 0 saturated carbocycles. The van der Waals surface area contributed by atoms with Crippen molar-refractivity contribution in [3.8, 4) is 0 Å². The molecule has 0 N–H and O–H groups in total. The number of aromatic nitrogens is 2. The molecule has 1 aromatic heterocycles.